The standard InChI is InChI=1S/C32H32N2O7S/c1-4-6-17-41-26-16-9-22(18-27(26)39-3)19-28-30(36)34(32(38)42-28)20-21-7-10-23(11-8-21)29(35)33-25-14-12-24(13-15-25)31(37)40-5-2/h7-16,18-19H,4-6,17,20H2,1-3H3,(H,33,35)/b28-19-. The minimum absolute atomic E-state index is 0.0761. The average Bonchev–Trinajstić information content (AvgIpc) is 3.25. The van der Waals surface area contributed by atoms with Crippen LogP contribution < -0.4 is 14.8 Å². The van der Waals surface area contributed by atoms with Crippen molar-refractivity contribution in [2.75, 3.05) is 25.6 Å². The molecule has 1 heterocycles. The second-order valence-corrected chi connectivity index (χ2v) is 10.3. The molecule has 0 bridgehead atoms. The number of thioether (sulfide) groups is 1. The van der Waals surface area contributed by atoms with Gasteiger partial charge in [0.05, 0.1) is 37.3 Å². The van der Waals surface area contributed by atoms with E-state index in [9.17, 15) is 19.2 Å². The van der Waals surface area contributed by atoms with E-state index in [4.69, 9.17) is 14.2 Å². The van der Waals surface area contributed by atoms with Gasteiger partial charge in [0.25, 0.3) is 17.1 Å². The van der Waals surface area contributed by atoms with Crippen LogP contribution in [0.5, 0.6) is 11.5 Å². The van der Waals surface area contributed by atoms with E-state index in [1.165, 1.54) is 4.90 Å². The van der Waals surface area contributed by atoms with Crippen LogP contribution >= 0.6 is 11.8 Å². The molecule has 1 saturated heterocycles. The molecule has 218 valence electrons. The summed E-state index contributed by atoms with van der Waals surface area (Å²) >= 11 is 0.878. The first kappa shape index (κ1) is 30.4. The molecule has 0 aromatic heterocycles. The normalized spacial score (nSPS) is 13.8. The van der Waals surface area contributed by atoms with Crippen molar-refractivity contribution in [3.05, 3.63) is 93.9 Å². The lowest BCUT2D eigenvalue weighted by Crippen LogP contribution is -2.27. The zero-order valence-electron chi connectivity index (χ0n) is 23.7. The quantitative estimate of drug-likeness (QED) is 0.144. The molecule has 0 radical (unpaired) electrons. The summed E-state index contributed by atoms with van der Waals surface area (Å²) in [6.45, 7) is 4.76. The number of hydrogen-bond acceptors (Lipinski definition) is 8. The second-order valence-electron chi connectivity index (χ2n) is 9.33. The third-order valence-corrected chi connectivity index (χ3v) is 7.23. The molecule has 9 nitrogen and oxygen atoms in total. The highest BCUT2D eigenvalue weighted by Crippen LogP contribution is 2.35. The first-order valence-corrected chi connectivity index (χ1v) is 14.4. The fourth-order valence-electron chi connectivity index (χ4n) is 4.06. The Labute approximate surface area is 248 Å². The molecular weight excluding hydrogens is 556 g/mol. The third kappa shape index (κ3) is 7.58. The third-order valence-electron chi connectivity index (χ3n) is 6.33. The van der Waals surface area contributed by atoms with Crippen LogP contribution in [0.4, 0.5) is 10.5 Å². The Kier molecular flexibility index (Phi) is 10.4. The van der Waals surface area contributed by atoms with Crippen LogP contribution in [0.25, 0.3) is 6.08 Å². The molecule has 1 N–H and O–H groups in total. The Balaban J connectivity index is 1.37. The van der Waals surface area contributed by atoms with E-state index in [2.05, 4.69) is 12.2 Å². The van der Waals surface area contributed by atoms with E-state index in [1.807, 2.05) is 6.07 Å². The van der Waals surface area contributed by atoms with Crippen LogP contribution in [-0.2, 0) is 16.1 Å². The summed E-state index contributed by atoms with van der Waals surface area (Å²) in [5.74, 6) is 0.0262. The van der Waals surface area contributed by atoms with E-state index in [0.29, 0.717) is 51.0 Å². The molecule has 0 saturated carbocycles. The first-order valence-electron chi connectivity index (χ1n) is 13.6. The number of anilines is 1. The van der Waals surface area contributed by atoms with Crippen molar-refractivity contribution in [3.63, 3.8) is 0 Å². The molecule has 0 unspecified atom stereocenters. The lowest BCUT2D eigenvalue weighted by molar-refractivity contribution is -0.123. The summed E-state index contributed by atoms with van der Waals surface area (Å²) in [7, 11) is 1.55. The molecular formula is C32H32N2O7S. The van der Waals surface area contributed by atoms with Crippen molar-refractivity contribution in [2.24, 2.45) is 0 Å². The largest absolute Gasteiger partial charge is 0.493 e. The summed E-state index contributed by atoms with van der Waals surface area (Å²) in [4.78, 5) is 51.7. The van der Waals surface area contributed by atoms with Crippen molar-refractivity contribution in [3.8, 4) is 11.5 Å². The van der Waals surface area contributed by atoms with Crippen LogP contribution in [-0.4, -0.2) is 48.2 Å². The molecule has 3 aromatic rings. The second kappa shape index (κ2) is 14.4. The number of ether oxygens (including phenoxy) is 3. The Morgan fingerprint density at radius 1 is 0.929 bits per heavy atom. The topological polar surface area (TPSA) is 111 Å². The van der Waals surface area contributed by atoms with Crippen LogP contribution in [0.2, 0.25) is 0 Å². The molecule has 0 atom stereocenters. The summed E-state index contributed by atoms with van der Waals surface area (Å²) < 4.78 is 16.2. The number of amides is 3. The number of rotatable bonds is 12. The number of nitrogens with zero attached hydrogens (tertiary/aromatic N) is 1. The predicted octanol–water partition coefficient (Wildman–Crippen LogP) is 6.54. The first-order chi connectivity index (χ1) is 20.3. The minimum Gasteiger partial charge on any atom is -0.493 e. The molecule has 0 aliphatic carbocycles. The molecule has 3 amide bonds. The smallest absolute Gasteiger partial charge is 0.338 e. The van der Waals surface area contributed by atoms with Gasteiger partial charge in [-0.05, 0) is 90.8 Å². The number of carbonyl (C=O) groups is 4. The predicted molar refractivity (Wildman–Crippen MR) is 162 cm³/mol. The molecule has 1 aliphatic heterocycles. The molecule has 1 fully saturated rings. The van der Waals surface area contributed by atoms with Crippen LogP contribution in [0.15, 0.2) is 71.6 Å². The maximum absolute atomic E-state index is 13.1. The number of unbranched alkanes of at least 4 members (excludes halogenated alkanes) is 1. The minimum atomic E-state index is -0.427. The zero-order valence-corrected chi connectivity index (χ0v) is 24.5. The van der Waals surface area contributed by atoms with Gasteiger partial charge < -0.3 is 19.5 Å². The summed E-state index contributed by atoms with van der Waals surface area (Å²) in [5.41, 5.74) is 2.73. The van der Waals surface area contributed by atoms with Gasteiger partial charge in [-0.3, -0.25) is 19.3 Å². The lowest BCUT2D eigenvalue weighted by atomic mass is 10.1. The van der Waals surface area contributed by atoms with Gasteiger partial charge in [-0.1, -0.05) is 31.5 Å². The number of benzene rings is 3. The van der Waals surface area contributed by atoms with Crippen LogP contribution in [0, 0.1) is 0 Å². The lowest BCUT2D eigenvalue weighted by Gasteiger charge is -2.13. The van der Waals surface area contributed by atoms with Crippen molar-refractivity contribution in [2.45, 2.75) is 33.2 Å². The van der Waals surface area contributed by atoms with E-state index >= 15 is 0 Å². The number of methoxy groups -OCH3 is 1. The summed E-state index contributed by atoms with van der Waals surface area (Å²) in [6, 6.07) is 18.4. The SMILES string of the molecule is CCCCOc1ccc(/C=C2\SC(=O)N(Cc3ccc(C(=O)Nc4ccc(C(=O)OCC)cc4)cc3)C2=O)cc1OC. The Morgan fingerprint density at radius 2 is 1.64 bits per heavy atom. The molecule has 10 heteroatoms. The van der Waals surface area contributed by atoms with Gasteiger partial charge in [0.15, 0.2) is 11.5 Å². The maximum Gasteiger partial charge on any atom is 0.338 e. The number of carbonyl (C=O) groups excluding carboxylic acids is 4. The Hall–Kier alpha value is -4.57. The van der Waals surface area contributed by atoms with Crippen molar-refractivity contribution in [1.82, 2.24) is 4.90 Å². The van der Waals surface area contributed by atoms with Crippen molar-refractivity contribution < 1.29 is 33.4 Å². The number of hydrogen-bond donors (Lipinski definition) is 1. The zero-order chi connectivity index (χ0) is 30.1. The highest BCUT2D eigenvalue weighted by atomic mass is 32.2. The van der Waals surface area contributed by atoms with Gasteiger partial charge in [-0.2, -0.15) is 0 Å². The molecule has 4 rings (SSSR count). The van der Waals surface area contributed by atoms with E-state index in [1.54, 1.807) is 80.8 Å². The summed E-state index contributed by atoms with van der Waals surface area (Å²) in [6.07, 6.45) is 3.61. The number of nitrogens with one attached hydrogen (secondary N) is 1. The molecule has 3 aromatic carbocycles. The Morgan fingerprint density at radius 3 is 2.31 bits per heavy atom. The van der Waals surface area contributed by atoms with Gasteiger partial charge in [-0.25, -0.2) is 4.79 Å². The fourth-order valence-corrected chi connectivity index (χ4v) is 4.90. The van der Waals surface area contributed by atoms with Gasteiger partial charge in [0, 0.05) is 11.3 Å². The van der Waals surface area contributed by atoms with Gasteiger partial charge in [0.1, 0.15) is 0 Å². The van der Waals surface area contributed by atoms with Crippen LogP contribution in [0.1, 0.15) is 58.5 Å². The van der Waals surface area contributed by atoms with Gasteiger partial charge in [-0.15, -0.1) is 0 Å². The van der Waals surface area contributed by atoms with Crippen molar-refractivity contribution >= 4 is 46.5 Å². The molecule has 42 heavy (non-hydrogen) atoms. The molecule has 1 aliphatic rings. The summed E-state index contributed by atoms with van der Waals surface area (Å²) in [5, 5.41) is 2.41. The van der Waals surface area contributed by atoms with E-state index in [-0.39, 0.29) is 30.2 Å². The number of imide groups is 1. The van der Waals surface area contributed by atoms with Gasteiger partial charge in [0.2, 0.25) is 0 Å². The monoisotopic (exact) mass is 588 g/mol. The van der Waals surface area contributed by atoms with Crippen molar-refractivity contribution in [1.29, 1.82) is 0 Å². The highest BCUT2D eigenvalue weighted by Gasteiger charge is 2.35. The maximum atomic E-state index is 13.1. The number of esters is 1. The Bertz CT molecular complexity index is 1480. The van der Waals surface area contributed by atoms with E-state index in [0.717, 1.165) is 24.6 Å². The molecule has 0 spiro atoms. The van der Waals surface area contributed by atoms with E-state index < -0.39 is 5.97 Å². The van der Waals surface area contributed by atoms with Crippen LogP contribution in [0.3, 0.4) is 0 Å². The average molecular weight is 589 g/mol. The fraction of sp³-hybridized carbons (Fsp3) is 0.250. The van der Waals surface area contributed by atoms with Gasteiger partial charge >= 0.3 is 5.97 Å². The highest BCUT2D eigenvalue weighted by molar-refractivity contribution is 8.18.